The highest BCUT2D eigenvalue weighted by atomic mass is 19.4. The van der Waals surface area contributed by atoms with E-state index in [1.165, 1.54) is 25.7 Å². The van der Waals surface area contributed by atoms with Gasteiger partial charge in [0.15, 0.2) is 5.82 Å². The third-order valence-corrected chi connectivity index (χ3v) is 5.65. The number of nitrogens with one attached hydrogen (secondary N) is 1. The van der Waals surface area contributed by atoms with Crippen molar-refractivity contribution in [2.45, 2.75) is 50.6 Å². The molecule has 3 heterocycles. The van der Waals surface area contributed by atoms with Crippen molar-refractivity contribution in [3.63, 3.8) is 0 Å². The van der Waals surface area contributed by atoms with Crippen LogP contribution in [-0.2, 0) is 6.18 Å². The van der Waals surface area contributed by atoms with Crippen LogP contribution in [0.3, 0.4) is 0 Å². The maximum Gasteiger partial charge on any atom is 0.432 e. The van der Waals surface area contributed by atoms with E-state index in [0.717, 1.165) is 12.0 Å². The Labute approximate surface area is 161 Å². The summed E-state index contributed by atoms with van der Waals surface area (Å²) >= 11 is 0. The van der Waals surface area contributed by atoms with Crippen molar-refractivity contribution >= 4 is 5.82 Å². The fourth-order valence-corrected chi connectivity index (χ4v) is 4.01. The molecule has 28 heavy (non-hydrogen) atoms. The fourth-order valence-electron chi connectivity index (χ4n) is 4.01. The summed E-state index contributed by atoms with van der Waals surface area (Å²) < 4.78 is 44.1. The molecule has 2 fully saturated rings. The molecule has 1 aliphatic heterocycles. The second-order valence-corrected chi connectivity index (χ2v) is 7.62. The standard InChI is InChI=1S/C19H24F3N5O/c20-19(21,22)15-9-24-18(25-15)14-5-7-27(8-6-14)16-10-23-11-17(26-16)28-12-13-3-1-2-4-13/h9-11,13-14H,1-8,12H2,(H,24,25). The second kappa shape index (κ2) is 7.97. The van der Waals surface area contributed by atoms with Gasteiger partial charge in [-0.05, 0) is 31.6 Å². The zero-order valence-electron chi connectivity index (χ0n) is 15.6. The van der Waals surface area contributed by atoms with Crippen molar-refractivity contribution in [1.29, 1.82) is 0 Å². The lowest BCUT2D eigenvalue weighted by molar-refractivity contribution is -0.141. The van der Waals surface area contributed by atoms with Crippen molar-refractivity contribution < 1.29 is 17.9 Å². The first-order chi connectivity index (χ1) is 13.5. The molecule has 1 N–H and O–H groups in total. The van der Waals surface area contributed by atoms with Crippen LogP contribution in [0.25, 0.3) is 0 Å². The first kappa shape index (κ1) is 19.0. The lowest BCUT2D eigenvalue weighted by Crippen LogP contribution is -2.34. The molecular weight excluding hydrogens is 371 g/mol. The van der Waals surface area contributed by atoms with Crippen molar-refractivity contribution in [2.75, 3.05) is 24.6 Å². The van der Waals surface area contributed by atoms with E-state index < -0.39 is 11.9 Å². The number of aromatic amines is 1. The largest absolute Gasteiger partial charge is 0.476 e. The molecule has 0 unspecified atom stereocenters. The number of piperidine rings is 1. The summed E-state index contributed by atoms with van der Waals surface area (Å²) in [5.74, 6) is 2.29. The van der Waals surface area contributed by atoms with E-state index in [2.05, 4.69) is 24.8 Å². The molecule has 152 valence electrons. The van der Waals surface area contributed by atoms with Crippen LogP contribution in [0.15, 0.2) is 18.6 Å². The first-order valence-electron chi connectivity index (χ1n) is 9.81. The predicted molar refractivity (Wildman–Crippen MR) is 97.3 cm³/mol. The summed E-state index contributed by atoms with van der Waals surface area (Å²) in [5.41, 5.74) is -0.789. The minimum absolute atomic E-state index is 0.0119. The van der Waals surface area contributed by atoms with Gasteiger partial charge in [-0.25, -0.2) is 4.98 Å². The SMILES string of the molecule is FC(F)(F)c1cnc(C2CCN(c3cncc(OCC4CCCC4)n3)CC2)[nH]1. The Balaban J connectivity index is 1.33. The van der Waals surface area contributed by atoms with Crippen LogP contribution in [0.2, 0.25) is 0 Å². The molecule has 0 amide bonds. The van der Waals surface area contributed by atoms with Gasteiger partial charge in [0.2, 0.25) is 5.88 Å². The van der Waals surface area contributed by atoms with Crippen LogP contribution < -0.4 is 9.64 Å². The molecular formula is C19H24F3N5O. The summed E-state index contributed by atoms with van der Waals surface area (Å²) in [6, 6.07) is 0. The van der Waals surface area contributed by atoms with E-state index in [0.29, 0.717) is 50.2 Å². The van der Waals surface area contributed by atoms with Gasteiger partial charge in [0.1, 0.15) is 11.5 Å². The quantitative estimate of drug-likeness (QED) is 0.823. The Bertz CT molecular complexity index is 780. The van der Waals surface area contributed by atoms with Crippen LogP contribution in [0.4, 0.5) is 19.0 Å². The smallest absolute Gasteiger partial charge is 0.432 e. The van der Waals surface area contributed by atoms with Crippen LogP contribution >= 0.6 is 0 Å². The van der Waals surface area contributed by atoms with Crippen LogP contribution in [0.1, 0.15) is 56.0 Å². The normalized spacial score (nSPS) is 19.3. The van der Waals surface area contributed by atoms with Gasteiger partial charge in [-0.15, -0.1) is 0 Å². The van der Waals surface area contributed by atoms with E-state index in [9.17, 15) is 13.2 Å². The molecule has 0 aromatic carbocycles. The maximum atomic E-state index is 12.7. The van der Waals surface area contributed by atoms with Crippen molar-refractivity contribution in [2.24, 2.45) is 5.92 Å². The number of rotatable bonds is 5. The second-order valence-electron chi connectivity index (χ2n) is 7.62. The predicted octanol–water partition coefficient (Wildman–Crippen LogP) is 4.17. The van der Waals surface area contributed by atoms with Gasteiger partial charge in [0.25, 0.3) is 0 Å². The molecule has 2 aromatic rings. The number of ether oxygens (including phenoxy) is 1. The lowest BCUT2D eigenvalue weighted by atomic mass is 9.96. The Kier molecular flexibility index (Phi) is 5.41. The van der Waals surface area contributed by atoms with Crippen molar-refractivity contribution in [1.82, 2.24) is 19.9 Å². The van der Waals surface area contributed by atoms with Gasteiger partial charge in [0, 0.05) is 19.0 Å². The summed E-state index contributed by atoms with van der Waals surface area (Å²) in [5, 5.41) is 0. The van der Waals surface area contributed by atoms with Gasteiger partial charge < -0.3 is 14.6 Å². The highest BCUT2D eigenvalue weighted by Crippen LogP contribution is 2.32. The van der Waals surface area contributed by atoms with Crippen LogP contribution in [0.5, 0.6) is 5.88 Å². The Morgan fingerprint density at radius 3 is 2.50 bits per heavy atom. The Morgan fingerprint density at radius 2 is 1.82 bits per heavy atom. The number of halogens is 3. The number of hydrogen-bond acceptors (Lipinski definition) is 5. The third kappa shape index (κ3) is 4.39. The van der Waals surface area contributed by atoms with Gasteiger partial charge in [-0.3, -0.25) is 4.98 Å². The monoisotopic (exact) mass is 395 g/mol. The number of alkyl halides is 3. The number of aromatic nitrogens is 4. The molecule has 0 atom stereocenters. The molecule has 0 spiro atoms. The number of anilines is 1. The zero-order valence-corrected chi connectivity index (χ0v) is 15.6. The topological polar surface area (TPSA) is 66.9 Å². The van der Waals surface area contributed by atoms with E-state index in [1.54, 1.807) is 12.4 Å². The highest BCUT2D eigenvalue weighted by molar-refractivity contribution is 5.38. The molecule has 9 heteroatoms. The van der Waals surface area contributed by atoms with Gasteiger partial charge in [-0.1, -0.05) is 12.8 Å². The number of hydrogen-bond donors (Lipinski definition) is 1. The molecule has 0 bridgehead atoms. The number of imidazole rings is 1. The molecule has 0 radical (unpaired) electrons. The molecule has 1 aliphatic carbocycles. The van der Waals surface area contributed by atoms with Gasteiger partial charge >= 0.3 is 6.18 Å². The molecule has 6 nitrogen and oxygen atoms in total. The molecule has 1 saturated heterocycles. The summed E-state index contributed by atoms with van der Waals surface area (Å²) in [7, 11) is 0. The van der Waals surface area contributed by atoms with Crippen LogP contribution in [-0.4, -0.2) is 39.6 Å². The molecule has 1 saturated carbocycles. The highest BCUT2D eigenvalue weighted by Gasteiger charge is 2.34. The molecule has 2 aromatic heterocycles. The average molecular weight is 395 g/mol. The maximum absolute atomic E-state index is 12.7. The van der Waals surface area contributed by atoms with Crippen molar-refractivity contribution in [3.05, 3.63) is 30.1 Å². The lowest BCUT2D eigenvalue weighted by Gasteiger charge is -2.31. The summed E-state index contributed by atoms with van der Waals surface area (Å²) in [6.07, 6.45) is 6.21. The number of H-pyrrole nitrogens is 1. The Hall–Kier alpha value is -2.32. The minimum Gasteiger partial charge on any atom is -0.476 e. The van der Waals surface area contributed by atoms with E-state index >= 15 is 0 Å². The first-order valence-corrected chi connectivity index (χ1v) is 9.81. The van der Waals surface area contributed by atoms with E-state index in [-0.39, 0.29) is 5.92 Å². The van der Waals surface area contributed by atoms with Crippen molar-refractivity contribution in [3.8, 4) is 5.88 Å². The zero-order chi connectivity index (χ0) is 19.6. The van der Waals surface area contributed by atoms with Gasteiger partial charge in [0.05, 0.1) is 25.2 Å². The molecule has 2 aliphatic rings. The number of nitrogens with zero attached hydrogens (tertiary/aromatic N) is 4. The Morgan fingerprint density at radius 1 is 1.07 bits per heavy atom. The average Bonchev–Trinajstić information content (AvgIpc) is 3.38. The van der Waals surface area contributed by atoms with E-state index in [4.69, 9.17) is 4.74 Å². The summed E-state index contributed by atoms with van der Waals surface area (Å²) in [6.45, 7) is 2.06. The minimum atomic E-state index is -4.39. The third-order valence-electron chi connectivity index (χ3n) is 5.65. The summed E-state index contributed by atoms with van der Waals surface area (Å²) in [4.78, 5) is 17.3. The van der Waals surface area contributed by atoms with Gasteiger partial charge in [-0.2, -0.15) is 18.2 Å². The fraction of sp³-hybridized carbons (Fsp3) is 0.632. The van der Waals surface area contributed by atoms with E-state index in [1.807, 2.05) is 0 Å². The molecule has 4 rings (SSSR count). The van der Waals surface area contributed by atoms with Crippen LogP contribution in [0, 0.1) is 5.92 Å².